The van der Waals surface area contributed by atoms with Crippen molar-refractivity contribution >= 4 is 11.0 Å². The Morgan fingerprint density at radius 3 is 2.38 bits per heavy atom. The zero-order valence-electron chi connectivity index (χ0n) is 14.3. The van der Waals surface area contributed by atoms with E-state index in [4.69, 9.17) is 0 Å². The van der Waals surface area contributed by atoms with Gasteiger partial charge in [-0.2, -0.15) is 0 Å². The van der Waals surface area contributed by atoms with E-state index in [1.54, 1.807) is 18.3 Å². The minimum absolute atomic E-state index is 0.224. The van der Waals surface area contributed by atoms with Gasteiger partial charge in [-0.1, -0.05) is 42.5 Å². The van der Waals surface area contributed by atoms with E-state index < -0.39 is 5.69 Å². The Hall–Kier alpha value is -3.47. The molecule has 0 saturated carbocycles. The molecule has 26 heavy (non-hydrogen) atoms. The van der Waals surface area contributed by atoms with Crippen molar-refractivity contribution < 1.29 is 0 Å². The van der Waals surface area contributed by atoms with Crippen molar-refractivity contribution in [1.29, 1.82) is 0 Å². The van der Waals surface area contributed by atoms with E-state index in [9.17, 15) is 9.59 Å². The van der Waals surface area contributed by atoms with Crippen LogP contribution >= 0.6 is 0 Å². The lowest BCUT2D eigenvalue weighted by Crippen LogP contribution is -2.40. The van der Waals surface area contributed by atoms with Gasteiger partial charge in [-0.3, -0.25) is 9.36 Å². The maximum absolute atomic E-state index is 13.2. The first-order chi connectivity index (χ1) is 12.7. The monoisotopic (exact) mass is 343 g/mol. The summed E-state index contributed by atoms with van der Waals surface area (Å²) in [5.74, 6) is 0. The summed E-state index contributed by atoms with van der Waals surface area (Å²) >= 11 is 0. The summed E-state index contributed by atoms with van der Waals surface area (Å²) in [6.45, 7) is 2.20. The number of fused-ring (bicyclic) bond motifs is 1. The number of hydrogen-bond acceptors (Lipinski definition) is 3. The number of hydrogen-bond donors (Lipinski definition) is 0. The zero-order chi connectivity index (χ0) is 18.1. The molecule has 0 aliphatic carbocycles. The molecule has 5 heteroatoms. The van der Waals surface area contributed by atoms with E-state index in [-0.39, 0.29) is 12.1 Å². The fraction of sp³-hybridized carbons (Fsp3) is 0.0952. The molecule has 0 aliphatic heterocycles. The Morgan fingerprint density at radius 1 is 0.885 bits per heavy atom. The van der Waals surface area contributed by atoms with Crippen LogP contribution in [0.2, 0.25) is 0 Å². The molecule has 0 unspecified atom stereocenters. The van der Waals surface area contributed by atoms with Crippen molar-refractivity contribution in [3.8, 4) is 5.69 Å². The molecule has 2 aromatic heterocycles. The fourth-order valence-corrected chi connectivity index (χ4v) is 3.09. The normalized spacial score (nSPS) is 11.0. The van der Waals surface area contributed by atoms with Crippen molar-refractivity contribution in [3.63, 3.8) is 0 Å². The third kappa shape index (κ3) is 2.63. The number of rotatable bonds is 3. The summed E-state index contributed by atoms with van der Waals surface area (Å²) in [5, 5.41) is 0.421. The lowest BCUT2D eigenvalue weighted by molar-refractivity contribution is 0.680. The van der Waals surface area contributed by atoms with Gasteiger partial charge in [0.1, 0.15) is 0 Å². The number of pyridine rings is 1. The van der Waals surface area contributed by atoms with Crippen LogP contribution in [-0.4, -0.2) is 14.1 Å². The van der Waals surface area contributed by atoms with Crippen LogP contribution in [0.5, 0.6) is 0 Å². The Bertz CT molecular complexity index is 1210. The van der Waals surface area contributed by atoms with E-state index in [0.717, 1.165) is 11.1 Å². The van der Waals surface area contributed by atoms with E-state index in [1.807, 2.05) is 61.5 Å². The molecule has 0 spiro atoms. The number of benzene rings is 2. The lowest BCUT2D eigenvalue weighted by Gasteiger charge is -2.14. The summed E-state index contributed by atoms with van der Waals surface area (Å²) in [6.07, 6.45) is 1.59. The summed E-state index contributed by atoms with van der Waals surface area (Å²) in [4.78, 5) is 30.5. The van der Waals surface area contributed by atoms with E-state index in [1.165, 1.54) is 9.13 Å². The molecule has 4 rings (SSSR count). The summed E-state index contributed by atoms with van der Waals surface area (Å²) in [6, 6.07) is 20.4. The maximum atomic E-state index is 13.2. The standard InChI is InChI=1S/C21H17N3O2/c1-15-8-5-6-9-16(15)14-23-20(25)18-12-7-13-22-19(18)24(21(23)26)17-10-3-2-4-11-17/h2-13H,14H2,1H3. The van der Waals surface area contributed by atoms with Gasteiger partial charge >= 0.3 is 5.69 Å². The minimum Gasteiger partial charge on any atom is -0.268 e. The number of aromatic nitrogens is 3. The van der Waals surface area contributed by atoms with Gasteiger partial charge < -0.3 is 0 Å². The second kappa shape index (κ2) is 6.44. The van der Waals surface area contributed by atoms with Crippen LogP contribution in [0.4, 0.5) is 0 Å². The quantitative estimate of drug-likeness (QED) is 0.575. The van der Waals surface area contributed by atoms with Crippen LogP contribution in [0.1, 0.15) is 11.1 Å². The first-order valence-electron chi connectivity index (χ1n) is 8.37. The second-order valence-corrected chi connectivity index (χ2v) is 6.15. The van der Waals surface area contributed by atoms with Crippen molar-refractivity contribution in [2.45, 2.75) is 13.5 Å². The van der Waals surface area contributed by atoms with Crippen molar-refractivity contribution in [3.05, 3.63) is 105 Å². The Kier molecular flexibility index (Phi) is 3.97. The minimum atomic E-state index is -0.393. The first-order valence-corrected chi connectivity index (χ1v) is 8.37. The molecule has 0 radical (unpaired) electrons. The Labute approximate surface area is 149 Å². The van der Waals surface area contributed by atoms with E-state index in [2.05, 4.69) is 4.98 Å². The molecule has 128 valence electrons. The maximum Gasteiger partial charge on any atom is 0.337 e. The van der Waals surface area contributed by atoms with Crippen molar-refractivity contribution in [2.75, 3.05) is 0 Å². The van der Waals surface area contributed by atoms with Crippen LogP contribution in [0.3, 0.4) is 0 Å². The van der Waals surface area contributed by atoms with E-state index >= 15 is 0 Å². The van der Waals surface area contributed by atoms with Gasteiger partial charge in [0.05, 0.1) is 17.6 Å². The van der Waals surface area contributed by atoms with Crippen molar-refractivity contribution in [2.24, 2.45) is 0 Å². The highest BCUT2D eigenvalue weighted by atomic mass is 16.2. The van der Waals surface area contributed by atoms with E-state index in [0.29, 0.717) is 16.7 Å². The molecular weight excluding hydrogens is 326 g/mol. The molecule has 0 fully saturated rings. The summed E-state index contributed by atoms with van der Waals surface area (Å²) in [5.41, 5.74) is 2.31. The molecule has 4 aromatic rings. The third-order valence-corrected chi connectivity index (χ3v) is 4.50. The van der Waals surface area contributed by atoms with Crippen LogP contribution in [0.25, 0.3) is 16.7 Å². The smallest absolute Gasteiger partial charge is 0.268 e. The molecule has 2 heterocycles. The highest BCUT2D eigenvalue weighted by molar-refractivity contribution is 5.75. The Morgan fingerprint density at radius 2 is 1.62 bits per heavy atom. The molecule has 0 amide bonds. The zero-order valence-corrected chi connectivity index (χ0v) is 14.3. The van der Waals surface area contributed by atoms with Crippen LogP contribution in [-0.2, 0) is 6.54 Å². The largest absolute Gasteiger partial charge is 0.337 e. The SMILES string of the molecule is Cc1ccccc1Cn1c(=O)c2cccnc2n(-c2ccccc2)c1=O. The topological polar surface area (TPSA) is 56.9 Å². The summed E-state index contributed by atoms with van der Waals surface area (Å²) < 4.78 is 2.77. The molecule has 5 nitrogen and oxygen atoms in total. The average molecular weight is 343 g/mol. The van der Waals surface area contributed by atoms with Gasteiger partial charge in [0, 0.05) is 6.20 Å². The number of aryl methyl sites for hydroxylation is 1. The first kappa shape index (κ1) is 16.0. The average Bonchev–Trinajstić information content (AvgIpc) is 2.67. The molecular formula is C21H17N3O2. The van der Waals surface area contributed by atoms with Gasteiger partial charge in [0.25, 0.3) is 5.56 Å². The highest BCUT2D eigenvalue weighted by Crippen LogP contribution is 2.12. The molecule has 0 saturated heterocycles. The summed E-state index contributed by atoms with van der Waals surface area (Å²) in [7, 11) is 0. The van der Waals surface area contributed by atoms with Crippen molar-refractivity contribution in [1.82, 2.24) is 14.1 Å². The van der Waals surface area contributed by atoms with Crippen LogP contribution < -0.4 is 11.2 Å². The van der Waals surface area contributed by atoms with Gasteiger partial charge in [0.15, 0.2) is 5.65 Å². The van der Waals surface area contributed by atoms with Crippen LogP contribution in [0.15, 0.2) is 82.5 Å². The Balaban J connectivity index is 2.05. The van der Waals surface area contributed by atoms with Gasteiger partial charge in [-0.25, -0.2) is 14.3 Å². The molecule has 0 bridgehead atoms. The number of para-hydroxylation sites is 1. The predicted octanol–water partition coefficient (Wildman–Crippen LogP) is 2.90. The third-order valence-electron chi connectivity index (χ3n) is 4.50. The fourth-order valence-electron chi connectivity index (χ4n) is 3.09. The molecule has 0 N–H and O–H groups in total. The molecule has 0 aliphatic rings. The molecule has 2 aromatic carbocycles. The lowest BCUT2D eigenvalue weighted by atomic mass is 10.1. The van der Waals surface area contributed by atoms with Crippen LogP contribution in [0, 0.1) is 6.92 Å². The van der Waals surface area contributed by atoms with Gasteiger partial charge in [0.2, 0.25) is 0 Å². The molecule has 0 atom stereocenters. The number of nitrogens with zero attached hydrogens (tertiary/aromatic N) is 3. The highest BCUT2D eigenvalue weighted by Gasteiger charge is 2.15. The van der Waals surface area contributed by atoms with Gasteiger partial charge in [-0.15, -0.1) is 0 Å². The second-order valence-electron chi connectivity index (χ2n) is 6.15. The predicted molar refractivity (Wildman–Crippen MR) is 102 cm³/mol. The van der Waals surface area contributed by atoms with Gasteiger partial charge in [-0.05, 0) is 42.3 Å².